The van der Waals surface area contributed by atoms with Gasteiger partial charge in [-0.2, -0.15) is 0 Å². The van der Waals surface area contributed by atoms with Crippen LogP contribution in [0.15, 0.2) is 0 Å². The molecule has 3 heteroatoms. The molecule has 0 aromatic rings. The van der Waals surface area contributed by atoms with Gasteiger partial charge in [0.25, 0.3) is 5.17 Å². The summed E-state index contributed by atoms with van der Waals surface area (Å²) in [6.45, 7) is 3.02. The molecule has 0 aliphatic carbocycles. The Hall–Kier alpha value is -0.310. The molecular weight excluding hydrogens is 170 g/mol. The Morgan fingerprint density at radius 2 is 1.75 bits per heavy atom. The maximum absolute atomic E-state index is 8.61. The molecule has 0 aromatic carbocycles. The van der Waals surface area contributed by atoms with E-state index in [0.29, 0.717) is 0 Å². The van der Waals surface area contributed by atoms with Crippen molar-refractivity contribution in [2.45, 2.75) is 45.4 Å². The van der Waals surface area contributed by atoms with E-state index < -0.39 is 0 Å². The van der Waals surface area contributed by atoms with Crippen LogP contribution < -0.4 is 5.32 Å². The smallest absolute Gasteiger partial charge is 0.254 e. The number of nitrogens with one attached hydrogen (secondary N) is 1. The van der Waals surface area contributed by atoms with Crippen molar-refractivity contribution in [3.05, 3.63) is 0 Å². The SMILES string of the molecule is CCCCCCCCNC(O)=S. The lowest BCUT2D eigenvalue weighted by Gasteiger charge is -2.01. The highest BCUT2D eigenvalue weighted by Gasteiger charge is 1.90. The molecule has 0 unspecified atom stereocenters. The molecule has 2 N–H and O–H groups in total. The van der Waals surface area contributed by atoms with Gasteiger partial charge < -0.3 is 10.4 Å². The normalized spacial score (nSPS) is 9.75. The second-order valence-corrected chi connectivity index (χ2v) is 3.39. The first kappa shape index (κ1) is 11.7. The Balaban J connectivity index is 2.86. The van der Waals surface area contributed by atoms with E-state index in [1.807, 2.05) is 0 Å². The number of aliphatic hydroxyl groups is 1. The molecule has 0 radical (unpaired) electrons. The quantitative estimate of drug-likeness (QED) is 0.477. The minimum absolute atomic E-state index is 0.0800. The predicted molar refractivity (Wildman–Crippen MR) is 56.6 cm³/mol. The maximum atomic E-state index is 8.61. The first-order chi connectivity index (χ1) is 5.77. The van der Waals surface area contributed by atoms with Crippen molar-refractivity contribution in [3.8, 4) is 0 Å². The number of unbranched alkanes of at least 4 members (excludes halogenated alkanes) is 5. The van der Waals surface area contributed by atoms with Gasteiger partial charge in [-0.1, -0.05) is 39.0 Å². The van der Waals surface area contributed by atoms with E-state index >= 15 is 0 Å². The lowest BCUT2D eigenvalue weighted by atomic mass is 10.1. The highest BCUT2D eigenvalue weighted by atomic mass is 32.1. The van der Waals surface area contributed by atoms with Crippen molar-refractivity contribution in [2.75, 3.05) is 6.54 Å². The molecule has 2 nitrogen and oxygen atoms in total. The zero-order valence-corrected chi connectivity index (χ0v) is 8.62. The van der Waals surface area contributed by atoms with Gasteiger partial charge in [0.1, 0.15) is 0 Å². The van der Waals surface area contributed by atoms with Crippen molar-refractivity contribution < 1.29 is 5.11 Å². The number of thiocarbonyl (C=S) groups is 1. The molecule has 0 fully saturated rings. The van der Waals surface area contributed by atoms with Crippen molar-refractivity contribution >= 4 is 17.4 Å². The van der Waals surface area contributed by atoms with Crippen LogP contribution in [0.25, 0.3) is 0 Å². The Labute approximate surface area is 80.4 Å². The molecule has 0 aliphatic heterocycles. The van der Waals surface area contributed by atoms with Crippen LogP contribution in [0.1, 0.15) is 45.4 Å². The monoisotopic (exact) mass is 189 g/mol. The second kappa shape index (κ2) is 8.78. The summed E-state index contributed by atoms with van der Waals surface area (Å²) in [6, 6.07) is 0. The van der Waals surface area contributed by atoms with E-state index in [0.717, 1.165) is 13.0 Å². The van der Waals surface area contributed by atoms with Gasteiger partial charge in [0.05, 0.1) is 0 Å². The molecule has 72 valence electrons. The molecule has 0 aromatic heterocycles. The molecule has 0 spiro atoms. The summed E-state index contributed by atoms with van der Waals surface area (Å²) in [4.78, 5) is 0. The first-order valence-corrected chi connectivity index (χ1v) is 5.15. The van der Waals surface area contributed by atoms with Gasteiger partial charge >= 0.3 is 0 Å². The van der Waals surface area contributed by atoms with Crippen LogP contribution >= 0.6 is 12.2 Å². The minimum atomic E-state index is -0.0800. The summed E-state index contributed by atoms with van der Waals surface area (Å²) >= 11 is 4.46. The van der Waals surface area contributed by atoms with Crippen LogP contribution in [-0.4, -0.2) is 16.8 Å². The molecule has 0 bridgehead atoms. The van der Waals surface area contributed by atoms with Gasteiger partial charge in [0, 0.05) is 6.54 Å². The van der Waals surface area contributed by atoms with Crippen LogP contribution in [0.4, 0.5) is 0 Å². The van der Waals surface area contributed by atoms with Crippen LogP contribution in [0.2, 0.25) is 0 Å². The molecular formula is C9H19NOS. The Morgan fingerprint density at radius 3 is 2.33 bits per heavy atom. The standard InChI is InChI=1S/C9H19NOS/c1-2-3-4-5-6-7-8-10-9(11)12/h2-8H2,1H3,(H2,10,11,12). The fraction of sp³-hybridized carbons (Fsp3) is 0.889. The summed E-state index contributed by atoms with van der Waals surface area (Å²) in [5.74, 6) is 0. The van der Waals surface area contributed by atoms with Gasteiger partial charge in [-0.05, 0) is 18.6 Å². The summed E-state index contributed by atoms with van der Waals surface area (Å²) in [5, 5.41) is 11.3. The molecule has 0 rings (SSSR count). The van der Waals surface area contributed by atoms with Gasteiger partial charge in [-0.3, -0.25) is 0 Å². The third-order valence-corrected chi connectivity index (χ3v) is 1.95. The van der Waals surface area contributed by atoms with E-state index in [1.54, 1.807) is 0 Å². The molecule has 0 atom stereocenters. The molecule has 0 saturated carbocycles. The van der Waals surface area contributed by atoms with Crippen LogP contribution in [0.3, 0.4) is 0 Å². The molecule has 0 aliphatic rings. The van der Waals surface area contributed by atoms with Crippen LogP contribution in [0.5, 0.6) is 0 Å². The van der Waals surface area contributed by atoms with E-state index in [-0.39, 0.29) is 5.17 Å². The van der Waals surface area contributed by atoms with Crippen molar-refractivity contribution in [2.24, 2.45) is 0 Å². The molecule has 0 heterocycles. The van der Waals surface area contributed by atoms with Crippen LogP contribution in [0, 0.1) is 0 Å². The van der Waals surface area contributed by atoms with Crippen molar-refractivity contribution in [3.63, 3.8) is 0 Å². The van der Waals surface area contributed by atoms with Crippen molar-refractivity contribution in [1.29, 1.82) is 0 Å². The molecule has 12 heavy (non-hydrogen) atoms. The fourth-order valence-corrected chi connectivity index (χ4v) is 1.20. The fourth-order valence-electron chi connectivity index (χ4n) is 1.10. The average molecular weight is 189 g/mol. The largest absolute Gasteiger partial charge is 0.487 e. The van der Waals surface area contributed by atoms with Gasteiger partial charge in [-0.15, -0.1) is 0 Å². The Kier molecular flexibility index (Phi) is 8.56. The van der Waals surface area contributed by atoms with Gasteiger partial charge in [0.15, 0.2) is 0 Å². The van der Waals surface area contributed by atoms with Crippen LogP contribution in [-0.2, 0) is 0 Å². The highest BCUT2D eigenvalue weighted by Crippen LogP contribution is 2.03. The zero-order chi connectivity index (χ0) is 9.23. The van der Waals surface area contributed by atoms with Gasteiger partial charge in [-0.25, -0.2) is 0 Å². The van der Waals surface area contributed by atoms with E-state index in [1.165, 1.54) is 32.1 Å². The van der Waals surface area contributed by atoms with Crippen molar-refractivity contribution in [1.82, 2.24) is 5.32 Å². The minimum Gasteiger partial charge on any atom is -0.487 e. The number of aliphatic hydroxyl groups excluding tert-OH is 1. The highest BCUT2D eigenvalue weighted by molar-refractivity contribution is 7.79. The Bertz CT molecular complexity index is 117. The first-order valence-electron chi connectivity index (χ1n) is 4.74. The summed E-state index contributed by atoms with van der Waals surface area (Å²) in [5.41, 5.74) is 0. The van der Waals surface area contributed by atoms with Gasteiger partial charge in [0.2, 0.25) is 0 Å². The topological polar surface area (TPSA) is 32.3 Å². The van der Waals surface area contributed by atoms with E-state index in [2.05, 4.69) is 24.5 Å². The second-order valence-electron chi connectivity index (χ2n) is 3.00. The molecule has 0 saturated heterocycles. The Morgan fingerprint density at radius 1 is 1.17 bits per heavy atom. The maximum Gasteiger partial charge on any atom is 0.254 e. The molecule has 0 amide bonds. The average Bonchev–Trinajstić information content (AvgIpc) is 2.02. The lowest BCUT2D eigenvalue weighted by molar-refractivity contribution is 0.521. The number of rotatable bonds is 7. The summed E-state index contributed by atoms with van der Waals surface area (Å²) in [7, 11) is 0. The number of hydrogen-bond acceptors (Lipinski definition) is 1. The zero-order valence-electron chi connectivity index (χ0n) is 7.81. The lowest BCUT2D eigenvalue weighted by Crippen LogP contribution is -2.21. The van der Waals surface area contributed by atoms with E-state index in [9.17, 15) is 0 Å². The summed E-state index contributed by atoms with van der Waals surface area (Å²) < 4.78 is 0. The number of hydrogen-bond donors (Lipinski definition) is 2. The predicted octanol–water partition coefficient (Wildman–Crippen LogP) is 2.78. The third kappa shape index (κ3) is 9.69. The summed E-state index contributed by atoms with van der Waals surface area (Å²) in [6.07, 6.45) is 7.60. The van der Waals surface area contributed by atoms with E-state index in [4.69, 9.17) is 5.11 Å². The third-order valence-electron chi connectivity index (χ3n) is 1.81.